The summed E-state index contributed by atoms with van der Waals surface area (Å²) in [5.74, 6) is -1.72. The Morgan fingerprint density at radius 1 is 1.29 bits per heavy atom. The first-order chi connectivity index (χ1) is 10.9. The van der Waals surface area contributed by atoms with Crippen molar-refractivity contribution in [1.82, 2.24) is 10.2 Å². The number of rotatable bonds is 6. The van der Waals surface area contributed by atoms with Crippen LogP contribution in [-0.4, -0.2) is 53.6 Å². The summed E-state index contributed by atoms with van der Waals surface area (Å²) in [6.07, 6.45) is 3.85. The summed E-state index contributed by atoms with van der Waals surface area (Å²) in [7, 11) is 0. The number of guanidine groups is 1. The molecule has 0 aromatic heterocycles. The molecule has 5 N–H and O–H groups in total. The summed E-state index contributed by atoms with van der Waals surface area (Å²) < 4.78 is 0. The number of carbonyl (C=O) groups excluding carboxylic acids is 3. The molecule has 0 aliphatic carbocycles. The van der Waals surface area contributed by atoms with Gasteiger partial charge >= 0.3 is 0 Å². The summed E-state index contributed by atoms with van der Waals surface area (Å²) in [4.78, 5) is 42.4. The van der Waals surface area contributed by atoms with Gasteiger partial charge in [-0.25, -0.2) is 0 Å². The maximum absolute atomic E-state index is 12.7. The molecular weight excluding hydrogens is 334 g/mol. The molecule has 2 fully saturated rings. The van der Waals surface area contributed by atoms with Gasteiger partial charge in [0.1, 0.15) is 11.5 Å². The second kappa shape index (κ2) is 8.32. The van der Waals surface area contributed by atoms with Crippen LogP contribution in [0.15, 0.2) is 4.99 Å². The molecule has 2 atom stereocenters. The number of piperidine rings is 1. The van der Waals surface area contributed by atoms with E-state index in [1.165, 1.54) is 6.92 Å². The van der Waals surface area contributed by atoms with E-state index in [0.717, 1.165) is 19.3 Å². The minimum Gasteiger partial charge on any atom is -0.370 e. The van der Waals surface area contributed by atoms with E-state index in [9.17, 15) is 14.4 Å². The molecule has 9 heteroatoms. The van der Waals surface area contributed by atoms with Crippen LogP contribution >= 0.6 is 12.4 Å². The van der Waals surface area contributed by atoms with Gasteiger partial charge in [0, 0.05) is 19.6 Å². The highest BCUT2D eigenvalue weighted by Crippen LogP contribution is 2.35. The molecule has 136 valence electrons. The lowest BCUT2D eigenvalue weighted by atomic mass is 9.69. The number of Topliss-reactive ketones (excluding diaryl/α,β-unsaturated/α-hetero) is 1. The molecule has 2 heterocycles. The Morgan fingerprint density at radius 3 is 2.42 bits per heavy atom. The second-order valence-corrected chi connectivity index (χ2v) is 6.25. The largest absolute Gasteiger partial charge is 0.370 e. The fourth-order valence-corrected chi connectivity index (χ4v) is 3.37. The number of hydrogen-bond donors (Lipinski definition) is 3. The maximum Gasteiger partial charge on any atom is 0.238 e. The van der Waals surface area contributed by atoms with Crippen LogP contribution in [0, 0.1) is 5.92 Å². The number of β-lactam (4-membered cyclic amide) rings is 1. The molecule has 2 rings (SSSR count). The number of nitrogens with two attached hydrogens (primary N) is 2. The molecule has 2 unspecified atom stereocenters. The molecule has 2 aliphatic heterocycles. The van der Waals surface area contributed by atoms with Crippen LogP contribution in [0.2, 0.25) is 0 Å². The molecule has 0 aromatic carbocycles. The number of halogens is 1. The van der Waals surface area contributed by atoms with Crippen LogP contribution in [0.3, 0.4) is 0 Å². The van der Waals surface area contributed by atoms with Gasteiger partial charge in [0.25, 0.3) is 0 Å². The standard InChI is InChI=1S/C15H25N5O3.ClH/c1-10(21)15(6-5-7-18-14(16)17)11(12(22)19-15)13(23)20-8-3-2-4-9-20;/h11H,2-9H2,1H3,(H,19,22)(H4,16,17,18);1H. The van der Waals surface area contributed by atoms with Crippen molar-refractivity contribution in [3.8, 4) is 0 Å². The molecule has 0 spiro atoms. The van der Waals surface area contributed by atoms with E-state index >= 15 is 0 Å². The normalized spacial score (nSPS) is 25.8. The Bertz CT molecular complexity index is 529. The Balaban J connectivity index is 0.00000288. The molecule has 8 nitrogen and oxygen atoms in total. The minimum atomic E-state index is -1.11. The maximum atomic E-state index is 12.7. The van der Waals surface area contributed by atoms with Gasteiger partial charge in [-0.2, -0.15) is 0 Å². The van der Waals surface area contributed by atoms with Gasteiger partial charge in [0.2, 0.25) is 11.8 Å². The van der Waals surface area contributed by atoms with E-state index in [-0.39, 0.29) is 36.0 Å². The molecule has 0 aromatic rings. The highest BCUT2D eigenvalue weighted by molar-refractivity contribution is 6.14. The first-order valence-corrected chi connectivity index (χ1v) is 8.06. The van der Waals surface area contributed by atoms with Crippen LogP contribution < -0.4 is 16.8 Å². The number of nitrogens with zero attached hydrogens (tertiary/aromatic N) is 2. The quantitative estimate of drug-likeness (QED) is 0.194. The Kier molecular flexibility index (Phi) is 7.01. The molecule has 0 saturated carbocycles. The first-order valence-electron chi connectivity index (χ1n) is 8.06. The Labute approximate surface area is 147 Å². The van der Waals surface area contributed by atoms with Gasteiger partial charge in [-0.05, 0) is 39.0 Å². The van der Waals surface area contributed by atoms with E-state index in [1.54, 1.807) is 4.90 Å². The van der Waals surface area contributed by atoms with Crippen LogP contribution in [0.4, 0.5) is 0 Å². The molecule has 24 heavy (non-hydrogen) atoms. The first kappa shape index (κ1) is 20.2. The molecular formula is C15H26ClN5O3. The van der Waals surface area contributed by atoms with Gasteiger partial charge in [-0.15, -0.1) is 12.4 Å². The average Bonchev–Trinajstić information content (AvgIpc) is 2.50. The van der Waals surface area contributed by atoms with Crippen LogP contribution in [-0.2, 0) is 14.4 Å². The van der Waals surface area contributed by atoms with Crippen molar-refractivity contribution in [3.63, 3.8) is 0 Å². The number of hydrogen-bond acceptors (Lipinski definition) is 4. The fraction of sp³-hybridized carbons (Fsp3) is 0.733. The predicted octanol–water partition coefficient (Wildman–Crippen LogP) is -0.452. The van der Waals surface area contributed by atoms with E-state index in [1.807, 2.05) is 0 Å². The predicted molar refractivity (Wildman–Crippen MR) is 92.6 cm³/mol. The number of ketones is 1. The summed E-state index contributed by atoms with van der Waals surface area (Å²) in [5, 5.41) is 2.67. The Hall–Kier alpha value is -1.83. The van der Waals surface area contributed by atoms with E-state index in [2.05, 4.69) is 10.3 Å². The third-order valence-electron chi connectivity index (χ3n) is 4.67. The van der Waals surface area contributed by atoms with Gasteiger partial charge in [-0.1, -0.05) is 0 Å². The highest BCUT2D eigenvalue weighted by Gasteiger charge is 2.60. The number of aliphatic imine (C=N–C) groups is 1. The number of carbonyl (C=O) groups is 3. The van der Waals surface area contributed by atoms with Crippen molar-refractivity contribution in [3.05, 3.63) is 0 Å². The molecule has 2 saturated heterocycles. The fourth-order valence-electron chi connectivity index (χ4n) is 3.37. The van der Waals surface area contributed by atoms with Crippen molar-refractivity contribution in [1.29, 1.82) is 0 Å². The lowest BCUT2D eigenvalue weighted by Gasteiger charge is -2.48. The summed E-state index contributed by atoms with van der Waals surface area (Å²) in [6, 6.07) is 0. The van der Waals surface area contributed by atoms with Crippen molar-refractivity contribution in [2.45, 2.75) is 44.6 Å². The van der Waals surface area contributed by atoms with Crippen LogP contribution in [0.25, 0.3) is 0 Å². The van der Waals surface area contributed by atoms with E-state index in [4.69, 9.17) is 11.5 Å². The zero-order valence-corrected chi connectivity index (χ0v) is 14.7. The number of likely N-dealkylation sites (tertiary alicyclic amines) is 1. The molecule has 2 amide bonds. The average molecular weight is 360 g/mol. The lowest BCUT2D eigenvalue weighted by Crippen LogP contribution is -2.76. The van der Waals surface area contributed by atoms with E-state index in [0.29, 0.717) is 32.5 Å². The van der Waals surface area contributed by atoms with Crippen LogP contribution in [0.5, 0.6) is 0 Å². The van der Waals surface area contributed by atoms with Gasteiger partial charge in [0.05, 0.1) is 0 Å². The van der Waals surface area contributed by atoms with Crippen LogP contribution in [0.1, 0.15) is 39.0 Å². The Morgan fingerprint density at radius 2 is 1.92 bits per heavy atom. The number of amides is 2. The van der Waals surface area contributed by atoms with Gasteiger partial charge in [0.15, 0.2) is 11.7 Å². The van der Waals surface area contributed by atoms with Crippen molar-refractivity contribution >= 4 is 36.0 Å². The monoisotopic (exact) mass is 359 g/mol. The minimum absolute atomic E-state index is 0. The third kappa shape index (κ3) is 3.98. The SMILES string of the molecule is CC(=O)C1(CCCN=C(N)N)NC(=O)C1C(=O)N1CCCCC1.Cl. The van der Waals surface area contributed by atoms with Crippen molar-refractivity contribution in [2.75, 3.05) is 19.6 Å². The summed E-state index contributed by atoms with van der Waals surface area (Å²) in [5.41, 5.74) is 9.44. The van der Waals surface area contributed by atoms with Gasteiger partial charge in [-0.3, -0.25) is 19.4 Å². The zero-order chi connectivity index (χ0) is 17.0. The summed E-state index contributed by atoms with van der Waals surface area (Å²) in [6.45, 7) is 3.09. The third-order valence-corrected chi connectivity index (χ3v) is 4.67. The molecule has 0 radical (unpaired) electrons. The zero-order valence-electron chi connectivity index (χ0n) is 13.9. The van der Waals surface area contributed by atoms with Crippen molar-refractivity contribution in [2.24, 2.45) is 22.4 Å². The molecule has 0 bridgehead atoms. The van der Waals surface area contributed by atoms with Gasteiger partial charge < -0.3 is 21.7 Å². The summed E-state index contributed by atoms with van der Waals surface area (Å²) >= 11 is 0. The highest BCUT2D eigenvalue weighted by atomic mass is 35.5. The number of nitrogens with one attached hydrogen (secondary N) is 1. The second-order valence-electron chi connectivity index (χ2n) is 6.25. The molecule has 2 aliphatic rings. The lowest BCUT2D eigenvalue weighted by molar-refractivity contribution is -0.162. The smallest absolute Gasteiger partial charge is 0.238 e. The van der Waals surface area contributed by atoms with Crippen molar-refractivity contribution < 1.29 is 14.4 Å². The topological polar surface area (TPSA) is 131 Å². The van der Waals surface area contributed by atoms with E-state index < -0.39 is 11.5 Å².